The monoisotopic (exact) mass is 442 g/mol. The third kappa shape index (κ3) is 5.25. The molecule has 0 unspecified atom stereocenters. The number of aliphatic hydroxyl groups is 3. The van der Waals surface area contributed by atoms with Crippen LogP contribution in [0.2, 0.25) is 0 Å². The summed E-state index contributed by atoms with van der Waals surface area (Å²) in [7, 11) is 0. The first-order valence-electron chi connectivity index (χ1n) is 11.7. The van der Waals surface area contributed by atoms with Crippen LogP contribution >= 0.6 is 0 Å². The Bertz CT molecular complexity index is 648. The molecule has 0 aromatic heterocycles. The molecule has 0 aromatic rings. The van der Waals surface area contributed by atoms with Crippen molar-refractivity contribution in [2.45, 2.75) is 104 Å². The standard InChI is InChI=1S/C24H42O7/c1-15(10-13-31-20(28)7-6-19(26)27)8-11-22(3)16(2)9-12-23(4)18(22)14-17(25)21(29)24(23,5)30/h15-18,21,25,29-30H,6-14H2,1-5H3,(H,26,27)/t15-,16+,17-,18+,21-,22+,23+,24+/m0/s1. The normalized spacial score (nSPS) is 41.3. The number of aliphatic hydroxyl groups excluding tert-OH is 2. The van der Waals surface area contributed by atoms with Gasteiger partial charge < -0.3 is 25.2 Å². The molecule has 0 bridgehead atoms. The Morgan fingerprint density at radius 3 is 2.39 bits per heavy atom. The van der Waals surface area contributed by atoms with Gasteiger partial charge in [-0.05, 0) is 62.2 Å². The Balaban J connectivity index is 1.98. The number of rotatable bonds is 9. The highest BCUT2D eigenvalue weighted by molar-refractivity contribution is 5.76. The second-order valence-electron chi connectivity index (χ2n) is 10.9. The molecule has 0 heterocycles. The van der Waals surface area contributed by atoms with Gasteiger partial charge in [-0.2, -0.15) is 0 Å². The van der Waals surface area contributed by atoms with Crippen LogP contribution in [0.5, 0.6) is 0 Å². The smallest absolute Gasteiger partial charge is 0.306 e. The van der Waals surface area contributed by atoms with E-state index in [0.717, 1.165) is 25.7 Å². The number of hydrogen-bond acceptors (Lipinski definition) is 6. The third-order valence-electron chi connectivity index (χ3n) is 8.95. The van der Waals surface area contributed by atoms with Crippen LogP contribution in [0.1, 0.15) is 86.0 Å². The van der Waals surface area contributed by atoms with Crippen LogP contribution in [0.15, 0.2) is 0 Å². The lowest BCUT2D eigenvalue weighted by Gasteiger charge is -2.64. The zero-order valence-corrected chi connectivity index (χ0v) is 19.8. The average molecular weight is 443 g/mol. The van der Waals surface area contributed by atoms with Gasteiger partial charge in [0.15, 0.2) is 0 Å². The summed E-state index contributed by atoms with van der Waals surface area (Å²) in [5.41, 5.74) is -1.88. The number of fused-ring (bicyclic) bond motifs is 1. The first-order valence-corrected chi connectivity index (χ1v) is 11.7. The number of carbonyl (C=O) groups is 2. The lowest BCUT2D eigenvalue weighted by Crippen LogP contribution is -2.68. The van der Waals surface area contributed by atoms with Crippen molar-refractivity contribution in [3.05, 3.63) is 0 Å². The van der Waals surface area contributed by atoms with Crippen molar-refractivity contribution in [3.63, 3.8) is 0 Å². The minimum absolute atomic E-state index is 0.0788. The Morgan fingerprint density at radius 2 is 1.77 bits per heavy atom. The summed E-state index contributed by atoms with van der Waals surface area (Å²) in [6.45, 7) is 10.7. The Kier molecular flexibility index (Phi) is 8.20. The van der Waals surface area contributed by atoms with Crippen LogP contribution in [-0.2, 0) is 14.3 Å². The van der Waals surface area contributed by atoms with Crippen molar-refractivity contribution >= 4 is 11.9 Å². The summed E-state index contributed by atoms with van der Waals surface area (Å²) >= 11 is 0. The fraction of sp³-hybridized carbons (Fsp3) is 0.917. The van der Waals surface area contributed by atoms with E-state index in [2.05, 4.69) is 27.7 Å². The largest absolute Gasteiger partial charge is 0.481 e. The molecular formula is C24H42O7. The average Bonchev–Trinajstić information content (AvgIpc) is 2.69. The minimum Gasteiger partial charge on any atom is -0.481 e. The van der Waals surface area contributed by atoms with Crippen LogP contribution in [-0.4, -0.2) is 56.8 Å². The van der Waals surface area contributed by atoms with Gasteiger partial charge in [0.2, 0.25) is 0 Å². The highest BCUT2D eigenvalue weighted by atomic mass is 16.5. The van der Waals surface area contributed by atoms with Crippen molar-refractivity contribution in [1.82, 2.24) is 0 Å². The van der Waals surface area contributed by atoms with E-state index >= 15 is 0 Å². The maximum absolute atomic E-state index is 11.6. The molecule has 8 atom stereocenters. The molecule has 2 rings (SSSR count). The van der Waals surface area contributed by atoms with Crippen LogP contribution in [0, 0.1) is 28.6 Å². The number of carboxylic acid groups (broad SMARTS) is 1. The number of carboxylic acids is 1. The van der Waals surface area contributed by atoms with E-state index in [0.29, 0.717) is 24.7 Å². The predicted molar refractivity (Wildman–Crippen MR) is 116 cm³/mol. The van der Waals surface area contributed by atoms with Crippen molar-refractivity contribution in [1.29, 1.82) is 0 Å². The molecule has 2 saturated carbocycles. The maximum atomic E-state index is 11.6. The Morgan fingerprint density at radius 1 is 1.13 bits per heavy atom. The van der Waals surface area contributed by atoms with E-state index in [1.165, 1.54) is 0 Å². The van der Waals surface area contributed by atoms with Gasteiger partial charge in [0.25, 0.3) is 0 Å². The molecule has 0 amide bonds. The van der Waals surface area contributed by atoms with E-state index in [4.69, 9.17) is 9.84 Å². The van der Waals surface area contributed by atoms with Crippen molar-refractivity contribution < 1.29 is 34.8 Å². The third-order valence-corrected chi connectivity index (χ3v) is 8.95. The minimum atomic E-state index is -1.34. The van der Waals surface area contributed by atoms with Crippen LogP contribution in [0.25, 0.3) is 0 Å². The molecule has 0 radical (unpaired) electrons. The number of aliphatic carboxylic acids is 1. The van der Waals surface area contributed by atoms with E-state index in [-0.39, 0.29) is 30.8 Å². The van der Waals surface area contributed by atoms with E-state index < -0.39 is 35.2 Å². The molecule has 180 valence electrons. The van der Waals surface area contributed by atoms with Crippen LogP contribution < -0.4 is 0 Å². The summed E-state index contributed by atoms with van der Waals surface area (Å²) in [5, 5.41) is 40.9. The van der Waals surface area contributed by atoms with Gasteiger partial charge in [0.1, 0.15) is 6.10 Å². The second-order valence-corrected chi connectivity index (χ2v) is 10.9. The Labute approximate surface area is 186 Å². The fourth-order valence-electron chi connectivity index (χ4n) is 6.09. The van der Waals surface area contributed by atoms with Gasteiger partial charge in [-0.1, -0.05) is 34.1 Å². The number of carbonyl (C=O) groups excluding carboxylic acids is 1. The lowest BCUT2D eigenvalue weighted by atomic mass is 9.42. The summed E-state index contributed by atoms with van der Waals surface area (Å²) in [4.78, 5) is 22.1. The molecule has 31 heavy (non-hydrogen) atoms. The molecule has 2 fully saturated rings. The molecule has 0 spiro atoms. The number of ether oxygens (including phenoxy) is 1. The molecule has 0 aliphatic heterocycles. The first-order chi connectivity index (χ1) is 14.3. The quantitative estimate of drug-likeness (QED) is 0.404. The molecule has 2 aliphatic carbocycles. The van der Waals surface area contributed by atoms with Crippen molar-refractivity contribution in [2.75, 3.05) is 6.61 Å². The van der Waals surface area contributed by atoms with Crippen molar-refractivity contribution in [2.24, 2.45) is 28.6 Å². The van der Waals surface area contributed by atoms with Gasteiger partial charge in [0, 0.05) is 5.41 Å². The highest BCUT2D eigenvalue weighted by Gasteiger charge is 2.64. The molecule has 0 aromatic carbocycles. The van der Waals surface area contributed by atoms with E-state index in [1.807, 2.05) is 0 Å². The van der Waals surface area contributed by atoms with Gasteiger partial charge in [0.05, 0.1) is 31.2 Å². The molecule has 0 saturated heterocycles. The molecule has 2 aliphatic rings. The lowest BCUT2D eigenvalue weighted by molar-refractivity contribution is -0.264. The molecule has 4 N–H and O–H groups in total. The summed E-state index contributed by atoms with van der Waals surface area (Å²) in [6.07, 6.45) is 2.48. The van der Waals surface area contributed by atoms with Crippen LogP contribution in [0.3, 0.4) is 0 Å². The summed E-state index contributed by atoms with van der Waals surface area (Å²) in [6, 6.07) is 0. The van der Waals surface area contributed by atoms with Gasteiger partial charge in [-0.15, -0.1) is 0 Å². The summed E-state index contributed by atoms with van der Waals surface area (Å²) < 4.78 is 5.16. The van der Waals surface area contributed by atoms with Gasteiger partial charge in [-0.25, -0.2) is 0 Å². The topological polar surface area (TPSA) is 124 Å². The summed E-state index contributed by atoms with van der Waals surface area (Å²) in [5.74, 6) is -0.631. The van der Waals surface area contributed by atoms with E-state index in [1.54, 1.807) is 6.92 Å². The van der Waals surface area contributed by atoms with Gasteiger partial charge in [-0.3, -0.25) is 9.59 Å². The van der Waals surface area contributed by atoms with Crippen molar-refractivity contribution in [3.8, 4) is 0 Å². The zero-order chi connectivity index (χ0) is 23.6. The predicted octanol–water partition coefficient (Wildman–Crippen LogP) is 3.14. The zero-order valence-electron chi connectivity index (χ0n) is 19.8. The highest BCUT2D eigenvalue weighted by Crippen LogP contribution is 2.64. The molecular weight excluding hydrogens is 400 g/mol. The SMILES string of the molecule is C[C@H](CCOC(=O)CCC(=O)O)CC[C@]1(C)[C@H](C)CC[C@]2(C)[C@@H]1C[C@H](O)[C@H](O)[C@@]2(C)O. The van der Waals surface area contributed by atoms with Gasteiger partial charge >= 0.3 is 11.9 Å². The Hall–Kier alpha value is -1.18. The number of esters is 1. The maximum Gasteiger partial charge on any atom is 0.306 e. The second kappa shape index (κ2) is 9.75. The van der Waals surface area contributed by atoms with E-state index in [9.17, 15) is 24.9 Å². The van der Waals surface area contributed by atoms with Crippen LogP contribution in [0.4, 0.5) is 0 Å². The molecule has 7 heteroatoms. The number of hydrogen-bond donors (Lipinski definition) is 4. The first kappa shape index (κ1) is 26.1. The fourth-order valence-corrected chi connectivity index (χ4v) is 6.09. The molecule has 7 nitrogen and oxygen atoms in total.